The number of hydrogen-bond donors (Lipinski definition) is 2. The Morgan fingerprint density at radius 2 is 2.00 bits per heavy atom. The fraction of sp³-hybridized carbons (Fsp3) is 0.600. The van der Waals surface area contributed by atoms with E-state index in [1.165, 1.54) is 17.7 Å². The lowest BCUT2D eigenvalue weighted by molar-refractivity contribution is 0.145. The summed E-state index contributed by atoms with van der Waals surface area (Å²) in [5.74, 6) is 0.377. The highest BCUT2D eigenvalue weighted by atomic mass is 19.1. The molecule has 1 saturated carbocycles. The molecule has 1 aromatic rings. The fourth-order valence-electron chi connectivity index (χ4n) is 2.53. The van der Waals surface area contributed by atoms with E-state index in [1.54, 1.807) is 0 Å². The van der Waals surface area contributed by atoms with Crippen LogP contribution >= 0.6 is 0 Å². The molecule has 100 valence electrons. The highest BCUT2D eigenvalue weighted by Gasteiger charge is 2.29. The van der Waals surface area contributed by atoms with Crippen LogP contribution in [0.3, 0.4) is 0 Å². The number of halogens is 1. The smallest absolute Gasteiger partial charge is 0.123 e. The summed E-state index contributed by atoms with van der Waals surface area (Å²) in [6, 6.07) is 7.32. The van der Waals surface area contributed by atoms with Gasteiger partial charge in [0.25, 0.3) is 0 Å². The van der Waals surface area contributed by atoms with E-state index in [4.69, 9.17) is 0 Å². The second-order valence-electron chi connectivity index (χ2n) is 5.27. The van der Waals surface area contributed by atoms with Crippen molar-refractivity contribution >= 4 is 0 Å². The fourth-order valence-corrected chi connectivity index (χ4v) is 2.53. The molecule has 1 aromatic carbocycles. The van der Waals surface area contributed by atoms with Crippen LogP contribution in [0.15, 0.2) is 24.3 Å². The molecular weight excluding hydrogens is 229 g/mol. The highest BCUT2D eigenvalue weighted by Crippen LogP contribution is 2.36. The molecule has 1 aliphatic carbocycles. The quantitative estimate of drug-likeness (QED) is 0.815. The van der Waals surface area contributed by atoms with Crippen molar-refractivity contribution in [2.24, 2.45) is 0 Å². The predicted molar refractivity (Wildman–Crippen MR) is 71.1 cm³/mol. The molecule has 2 N–H and O–H groups in total. The summed E-state index contributed by atoms with van der Waals surface area (Å²) >= 11 is 0. The van der Waals surface area contributed by atoms with E-state index >= 15 is 0 Å². The Hall–Kier alpha value is -0.930. The van der Waals surface area contributed by atoms with Gasteiger partial charge in [0.2, 0.25) is 0 Å². The lowest BCUT2D eigenvalue weighted by Gasteiger charge is -2.37. The van der Waals surface area contributed by atoms with Crippen molar-refractivity contribution in [2.45, 2.75) is 50.7 Å². The Bertz CT molecular complexity index is 359. The average molecular weight is 251 g/mol. The van der Waals surface area contributed by atoms with Gasteiger partial charge in [0, 0.05) is 12.6 Å². The third kappa shape index (κ3) is 3.53. The normalized spacial score (nSPS) is 24.6. The van der Waals surface area contributed by atoms with Crippen molar-refractivity contribution in [1.29, 1.82) is 0 Å². The van der Waals surface area contributed by atoms with Crippen molar-refractivity contribution in [3.05, 3.63) is 35.6 Å². The summed E-state index contributed by atoms with van der Waals surface area (Å²) < 4.78 is 12.8. The van der Waals surface area contributed by atoms with Crippen LogP contribution in [0, 0.1) is 5.82 Å². The van der Waals surface area contributed by atoms with E-state index in [0.717, 1.165) is 25.7 Å². The Labute approximate surface area is 108 Å². The summed E-state index contributed by atoms with van der Waals surface area (Å²) in [4.78, 5) is 0. The van der Waals surface area contributed by atoms with E-state index in [-0.39, 0.29) is 11.9 Å². The first-order valence-electron chi connectivity index (χ1n) is 6.86. The Kier molecular flexibility index (Phi) is 4.72. The van der Waals surface area contributed by atoms with Gasteiger partial charge < -0.3 is 10.4 Å². The van der Waals surface area contributed by atoms with Gasteiger partial charge in [-0.2, -0.15) is 0 Å². The molecule has 0 amide bonds. The first-order valence-corrected chi connectivity index (χ1v) is 6.86. The van der Waals surface area contributed by atoms with E-state index in [2.05, 4.69) is 12.2 Å². The van der Waals surface area contributed by atoms with Gasteiger partial charge in [-0.3, -0.25) is 0 Å². The standard InChI is InChI=1S/C15H22FNO/c1-2-3-15(18)10-17-14-8-12(9-14)11-4-6-13(16)7-5-11/h4-7,12,14-15,17-18H,2-3,8-10H2,1H3. The summed E-state index contributed by atoms with van der Waals surface area (Å²) in [7, 11) is 0. The Morgan fingerprint density at radius 1 is 1.33 bits per heavy atom. The lowest BCUT2D eigenvalue weighted by atomic mass is 9.76. The molecule has 18 heavy (non-hydrogen) atoms. The van der Waals surface area contributed by atoms with Crippen LogP contribution in [0.5, 0.6) is 0 Å². The minimum absolute atomic E-state index is 0.171. The minimum Gasteiger partial charge on any atom is -0.392 e. The zero-order chi connectivity index (χ0) is 13.0. The first kappa shape index (κ1) is 13.5. The van der Waals surface area contributed by atoms with Gasteiger partial charge in [-0.15, -0.1) is 0 Å². The SMILES string of the molecule is CCCC(O)CNC1CC(c2ccc(F)cc2)C1. The van der Waals surface area contributed by atoms with Crippen LogP contribution < -0.4 is 5.32 Å². The molecule has 0 heterocycles. The maximum absolute atomic E-state index is 12.8. The minimum atomic E-state index is -0.222. The van der Waals surface area contributed by atoms with Gasteiger partial charge in [-0.25, -0.2) is 4.39 Å². The Balaban J connectivity index is 1.69. The third-order valence-electron chi connectivity index (χ3n) is 3.74. The number of nitrogens with one attached hydrogen (secondary N) is 1. The zero-order valence-corrected chi connectivity index (χ0v) is 10.9. The van der Waals surface area contributed by atoms with Crippen LogP contribution in [0.25, 0.3) is 0 Å². The zero-order valence-electron chi connectivity index (χ0n) is 10.9. The second-order valence-corrected chi connectivity index (χ2v) is 5.27. The van der Waals surface area contributed by atoms with Gasteiger partial charge in [0.05, 0.1) is 6.10 Å². The third-order valence-corrected chi connectivity index (χ3v) is 3.74. The number of aliphatic hydroxyl groups excluding tert-OH is 1. The van der Waals surface area contributed by atoms with Crippen molar-refractivity contribution in [3.8, 4) is 0 Å². The van der Waals surface area contributed by atoms with Crippen molar-refractivity contribution in [2.75, 3.05) is 6.54 Å². The summed E-state index contributed by atoms with van der Waals surface area (Å²) in [6.07, 6.45) is 3.83. The molecule has 0 radical (unpaired) electrons. The lowest BCUT2D eigenvalue weighted by Crippen LogP contribution is -2.43. The van der Waals surface area contributed by atoms with Gasteiger partial charge in [-0.1, -0.05) is 25.5 Å². The number of aliphatic hydroxyl groups is 1. The van der Waals surface area contributed by atoms with Gasteiger partial charge in [0.1, 0.15) is 5.82 Å². The molecule has 0 aliphatic heterocycles. The van der Waals surface area contributed by atoms with Crippen LogP contribution in [0.2, 0.25) is 0 Å². The molecule has 2 nitrogen and oxygen atoms in total. The molecule has 0 spiro atoms. The van der Waals surface area contributed by atoms with Gasteiger partial charge >= 0.3 is 0 Å². The van der Waals surface area contributed by atoms with Gasteiger partial charge in [-0.05, 0) is 42.9 Å². The molecule has 1 fully saturated rings. The van der Waals surface area contributed by atoms with E-state index in [1.807, 2.05) is 12.1 Å². The van der Waals surface area contributed by atoms with E-state index in [9.17, 15) is 9.50 Å². The molecule has 0 aromatic heterocycles. The molecule has 1 unspecified atom stereocenters. The summed E-state index contributed by atoms with van der Waals surface area (Å²) in [5, 5.41) is 13.0. The van der Waals surface area contributed by atoms with Crippen LogP contribution in [-0.4, -0.2) is 23.8 Å². The monoisotopic (exact) mass is 251 g/mol. The van der Waals surface area contributed by atoms with Crippen LogP contribution in [0.1, 0.15) is 44.1 Å². The van der Waals surface area contributed by atoms with Gasteiger partial charge in [0.15, 0.2) is 0 Å². The molecule has 1 aliphatic rings. The van der Waals surface area contributed by atoms with Crippen molar-refractivity contribution < 1.29 is 9.50 Å². The van der Waals surface area contributed by atoms with Crippen molar-refractivity contribution in [1.82, 2.24) is 5.32 Å². The topological polar surface area (TPSA) is 32.3 Å². The highest BCUT2D eigenvalue weighted by molar-refractivity contribution is 5.23. The average Bonchev–Trinajstić information content (AvgIpc) is 2.29. The van der Waals surface area contributed by atoms with E-state index < -0.39 is 0 Å². The molecule has 1 atom stereocenters. The largest absolute Gasteiger partial charge is 0.392 e. The Morgan fingerprint density at radius 3 is 2.61 bits per heavy atom. The second kappa shape index (κ2) is 6.30. The van der Waals surface area contributed by atoms with Crippen molar-refractivity contribution in [3.63, 3.8) is 0 Å². The van der Waals surface area contributed by atoms with Crippen LogP contribution in [-0.2, 0) is 0 Å². The van der Waals surface area contributed by atoms with E-state index in [0.29, 0.717) is 18.5 Å². The molecule has 2 rings (SSSR count). The molecule has 0 saturated heterocycles. The summed E-state index contributed by atoms with van der Waals surface area (Å²) in [6.45, 7) is 2.77. The molecule has 0 bridgehead atoms. The molecular formula is C15H22FNO. The maximum Gasteiger partial charge on any atom is 0.123 e. The number of benzene rings is 1. The predicted octanol–water partition coefficient (Wildman–Crippen LogP) is 2.82. The first-order chi connectivity index (χ1) is 8.69. The van der Waals surface area contributed by atoms with Crippen LogP contribution in [0.4, 0.5) is 4.39 Å². The maximum atomic E-state index is 12.8. The molecule has 3 heteroatoms. The number of hydrogen-bond acceptors (Lipinski definition) is 2. The summed E-state index contributed by atoms with van der Waals surface area (Å²) in [5.41, 5.74) is 1.23. The number of rotatable bonds is 6.